The number of piperazine rings is 1. The second kappa shape index (κ2) is 6.95. The highest BCUT2D eigenvalue weighted by Gasteiger charge is 2.25. The van der Waals surface area contributed by atoms with E-state index in [0.717, 1.165) is 42.8 Å². The third kappa shape index (κ3) is 3.17. The van der Waals surface area contributed by atoms with E-state index in [1.54, 1.807) is 0 Å². The molecule has 4 nitrogen and oxygen atoms in total. The van der Waals surface area contributed by atoms with Crippen molar-refractivity contribution in [2.75, 3.05) is 36.0 Å². The van der Waals surface area contributed by atoms with Crippen molar-refractivity contribution in [2.24, 2.45) is 0 Å². The molecule has 0 unspecified atom stereocenters. The zero-order valence-electron chi connectivity index (χ0n) is 15.5. The van der Waals surface area contributed by atoms with Crippen LogP contribution in [0.3, 0.4) is 0 Å². The molecule has 27 heavy (non-hydrogen) atoms. The first-order valence-corrected chi connectivity index (χ1v) is 10.9. The maximum atomic E-state index is 6.03. The lowest BCUT2D eigenvalue weighted by Gasteiger charge is -2.37. The van der Waals surface area contributed by atoms with Gasteiger partial charge in [0, 0.05) is 41.8 Å². The summed E-state index contributed by atoms with van der Waals surface area (Å²) in [6.45, 7) is 5.99. The average Bonchev–Trinajstić information content (AvgIpc) is 3.06. The molecular weight excluding hydrogens is 376 g/mol. The Bertz CT molecular complexity index is 974. The molecule has 1 aromatic carbocycles. The number of anilines is 2. The van der Waals surface area contributed by atoms with E-state index >= 15 is 0 Å². The van der Waals surface area contributed by atoms with Gasteiger partial charge in [-0.25, -0.2) is 9.97 Å². The molecule has 140 valence electrons. The highest BCUT2D eigenvalue weighted by atomic mass is 35.5. The van der Waals surface area contributed by atoms with E-state index in [0.29, 0.717) is 0 Å². The Kier molecular flexibility index (Phi) is 4.44. The summed E-state index contributed by atoms with van der Waals surface area (Å²) < 4.78 is 0. The predicted molar refractivity (Wildman–Crippen MR) is 115 cm³/mol. The molecular formula is C21H23ClN4S. The molecule has 6 heteroatoms. The number of thiophene rings is 1. The molecule has 0 atom stereocenters. The van der Waals surface area contributed by atoms with E-state index in [1.807, 2.05) is 30.4 Å². The first kappa shape index (κ1) is 17.3. The quantitative estimate of drug-likeness (QED) is 0.617. The summed E-state index contributed by atoms with van der Waals surface area (Å²) in [5.41, 5.74) is 2.77. The number of nitrogens with zero attached hydrogens (tertiary/aromatic N) is 4. The largest absolute Gasteiger partial charge is 0.368 e. The summed E-state index contributed by atoms with van der Waals surface area (Å²) >= 11 is 7.92. The molecule has 0 N–H and O–H groups in total. The predicted octanol–water partition coefficient (Wildman–Crippen LogP) is 4.86. The zero-order valence-corrected chi connectivity index (χ0v) is 17.1. The van der Waals surface area contributed by atoms with Gasteiger partial charge >= 0.3 is 0 Å². The van der Waals surface area contributed by atoms with Crippen LogP contribution in [0.5, 0.6) is 0 Å². The lowest BCUT2D eigenvalue weighted by atomic mass is 9.97. The lowest BCUT2D eigenvalue weighted by molar-refractivity contribution is 0.647. The molecule has 1 fully saturated rings. The standard InChI is InChI=1S/C21H23ClN4S/c1-14-23-20(19-17-4-2-3-5-18(17)27-21(19)24-14)26-12-10-25(11-13-26)16-8-6-15(22)7-9-16/h6-9H,2-5,10-13H2,1H3. The van der Waals surface area contributed by atoms with Crippen molar-refractivity contribution in [1.82, 2.24) is 9.97 Å². The van der Waals surface area contributed by atoms with Crippen LogP contribution >= 0.6 is 22.9 Å². The van der Waals surface area contributed by atoms with Crippen molar-refractivity contribution in [3.8, 4) is 0 Å². The van der Waals surface area contributed by atoms with E-state index < -0.39 is 0 Å². The highest BCUT2D eigenvalue weighted by molar-refractivity contribution is 7.19. The van der Waals surface area contributed by atoms with Crippen LogP contribution in [0.4, 0.5) is 11.5 Å². The number of benzene rings is 1. The summed E-state index contributed by atoms with van der Waals surface area (Å²) in [5, 5.41) is 2.12. The van der Waals surface area contributed by atoms with Crippen molar-refractivity contribution in [3.63, 3.8) is 0 Å². The Balaban J connectivity index is 1.44. The van der Waals surface area contributed by atoms with Crippen molar-refractivity contribution in [2.45, 2.75) is 32.6 Å². The number of hydrogen-bond donors (Lipinski definition) is 0. The fourth-order valence-corrected chi connectivity index (χ4v) is 5.73. The summed E-state index contributed by atoms with van der Waals surface area (Å²) in [5.74, 6) is 2.05. The van der Waals surface area contributed by atoms with Crippen LogP contribution < -0.4 is 9.80 Å². The second-order valence-corrected chi connectivity index (χ2v) is 8.96. The third-order valence-electron chi connectivity index (χ3n) is 5.68. The first-order chi connectivity index (χ1) is 13.2. The van der Waals surface area contributed by atoms with Gasteiger partial charge < -0.3 is 9.80 Å². The zero-order chi connectivity index (χ0) is 18.4. The number of hydrogen-bond acceptors (Lipinski definition) is 5. The van der Waals surface area contributed by atoms with Gasteiger partial charge in [-0.05, 0) is 62.4 Å². The molecule has 0 radical (unpaired) electrons. The summed E-state index contributed by atoms with van der Waals surface area (Å²) in [6.07, 6.45) is 4.98. The Morgan fingerprint density at radius 2 is 1.63 bits per heavy atom. The lowest BCUT2D eigenvalue weighted by Crippen LogP contribution is -2.47. The van der Waals surface area contributed by atoms with Gasteiger partial charge in [0.2, 0.25) is 0 Å². The molecule has 0 saturated carbocycles. The van der Waals surface area contributed by atoms with E-state index in [1.165, 1.54) is 52.0 Å². The van der Waals surface area contributed by atoms with Gasteiger partial charge in [-0.15, -0.1) is 11.3 Å². The molecule has 0 bridgehead atoms. The van der Waals surface area contributed by atoms with Crippen molar-refractivity contribution >= 4 is 44.7 Å². The summed E-state index contributed by atoms with van der Waals surface area (Å²) in [7, 11) is 0. The normalized spacial score (nSPS) is 17.4. The minimum absolute atomic E-state index is 0.790. The fraction of sp³-hybridized carbons (Fsp3) is 0.429. The number of halogens is 1. The topological polar surface area (TPSA) is 32.3 Å². The maximum Gasteiger partial charge on any atom is 0.141 e. The van der Waals surface area contributed by atoms with Gasteiger partial charge in [0.05, 0.1) is 5.39 Å². The van der Waals surface area contributed by atoms with Gasteiger partial charge in [0.25, 0.3) is 0 Å². The maximum absolute atomic E-state index is 6.03. The monoisotopic (exact) mass is 398 g/mol. The van der Waals surface area contributed by atoms with Gasteiger partial charge in [-0.3, -0.25) is 0 Å². The number of fused-ring (bicyclic) bond motifs is 3. The molecule has 1 aliphatic carbocycles. The van der Waals surface area contributed by atoms with E-state index in [2.05, 4.69) is 21.9 Å². The summed E-state index contributed by atoms with van der Waals surface area (Å²) in [4.78, 5) is 17.3. The Hall–Kier alpha value is -1.85. The fourth-order valence-electron chi connectivity index (χ4n) is 4.30. The highest BCUT2D eigenvalue weighted by Crippen LogP contribution is 2.40. The molecule has 3 heterocycles. The third-order valence-corrected chi connectivity index (χ3v) is 7.12. The molecule has 5 rings (SSSR count). The summed E-state index contributed by atoms with van der Waals surface area (Å²) in [6, 6.07) is 8.16. The van der Waals surface area contributed by atoms with E-state index in [4.69, 9.17) is 21.6 Å². The van der Waals surface area contributed by atoms with Crippen LogP contribution in [-0.4, -0.2) is 36.1 Å². The van der Waals surface area contributed by atoms with E-state index in [9.17, 15) is 0 Å². The molecule has 0 spiro atoms. The molecule has 3 aromatic rings. The Morgan fingerprint density at radius 1 is 0.926 bits per heavy atom. The first-order valence-electron chi connectivity index (χ1n) is 9.73. The van der Waals surface area contributed by atoms with Gasteiger partial charge in [0.15, 0.2) is 0 Å². The van der Waals surface area contributed by atoms with Crippen molar-refractivity contribution in [3.05, 3.63) is 45.6 Å². The van der Waals surface area contributed by atoms with Gasteiger partial charge in [-0.2, -0.15) is 0 Å². The van der Waals surface area contributed by atoms with Crippen LogP contribution in [0, 0.1) is 6.92 Å². The molecule has 1 saturated heterocycles. The number of aryl methyl sites for hydroxylation is 3. The average molecular weight is 399 g/mol. The van der Waals surface area contributed by atoms with Gasteiger partial charge in [0.1, 0.15) is 16.5 Å². The Morgan fingerprint density at radius 3 is 2.41 bits per heavy atom. The van der Waals surface area contributed by atoms with Crippen LogP contribution in [0.1, 0.15) is 29.1 Å². The van der Waals surface area contributed by atoms with Gasteiger partial charge in [-0.1, -0.05) is 11.6 Å². The number of rotatable bonds is 2. The minimum Gasteiger partial charge on any atom is -0.368 e. The molecule has 2 aromatic heterocycles. The van der Waals surface area contributed by atoms with Crippen molar-refractivity contribution < 1.29 is 0 Å². The van der Waals surface area contributed by atoms with Crippen LogP contribution in [0.15, 0.2) is 24.3 Å². The molecule has 2 aliphatic rings. The van der Waals surface area contributed by atoms with Crippen LogP contribution in [-0.2, 0) is 12.8 Å². The van der Waals surface area contributed by atoms with Crippen LogP contribution in [0.2, 0.25) is 5.02 Å². The van der Waals surface area contributed by atoms with Crippen LogP contribution in [0.25, 0.3) is 10.2 Å². The molecule has 0 amide bonds. The molecule has 1 aliphatic heterocycles. The smallest absolute Gasteiger partial charge is 0.141 e. The minimum atomic E-state index is 0.790. The SMILES string of the molecule is Cc1nc(N2CCN(c3ccc(Cl)cc3)CC2)c2c3c(sc2n1)CCCC3. The van der Waals surface area contributed by atoms with Crippen molar-refractivity contribution in [1.29, 1.82) is 0 Å². The van der Waals surface area contributed by atoms with E-state index in [-0.39, 0.29) is 0 Å². The second-order valence-electron chi connectivity index (χ2n) is 7.44. The Labute approximate surface area is 168 Å². The number of aromatic nitrogens is 2.